The smallest absolute Gasteiger partial charge is 0.282 e. The second-order valence-corrected chi connectivity index (χ2v) is 8.17. The molecular formula is C16H10O6S2. The average molecular weight is 362 g/mol. The minimum atomic E-state index is -4.54. The second kappa shape index (κ2) is 4.64. The van der Waals surface area contributed by atoms with Gasteiger partial charge in [-0.05, 0) is 0 Å². The average Bonchev–Trinajstić information content (AvgIpc) is 2.72. The van der Waals surface area contributed by atoms with E-state index in [1.54, 1.807) is 24.3 Å². The molecule has 0 aliphatic carbocycles. The highest BCUT2D eigenvalue weighted by molar-refractivity contribution is 7.86. The Labute approximate surface area is 137 Å². The monoisotopic (exact) mass is 362 g/mol. The maximum absolute atomic E-state index is 11.9. The summed E-state index contributed by atoms with van der Waals surface area (Å²) >= 11 is 0. The number of hydrogen-bond acceptors (Lipinski definition) is 4. The number of rotatable bonds is 2. The zero-order valence-corrected chi connectivity index (χ0v) is 13.6. The molecule has 0 unspecified atom stereocenters. The van der Waals surface area contributed by atoms with E-state index in [9.17, 15) is 25.9 Å². The predicted octanol–water partition coefficient (Wildman–Crippen LogP) is 3.08. The summed E-state index contributed by atoms with van der Waals surface area (Å²) in [5.41, 5.74) is 0. The van der Waals surface area contributed by atoms with Crippen molar-refractivity contribution in [2.24, 2.45) is 0 Å². The van der Waals surface area contributed by atoms with Crippen molar-refractivity contribution < 1.29 is 25.9 Å². The van der Waals surface area contributed by atoms with Crippen LogP contribution < -0.4 is 0 Å². The third-order valence-electron chi connectivity index (χ3n) is 4.10. The molecule has 2 N–H and O–H groups in total. The molecule has 4 aromatic carbocycles. The van der Waals surface area contributed by atoms with Crippen molar-refractivity contribution in [3.8, 4) is 0 Å². The van der Waals surface area contributed by atoms with Gasteiger partial charge in [0.25, 0.3) is 20.2 Å². The molecule has 0 amide bonds. The van der Waals surface area contributed by atoms with Crippen molar-refractivity contribution in [3.63, 3.8) is 0 Å². The highest BCUT2D eigenvalue weighted by Crippen LogP contribution is 2.46. The standard InChI is InChI=1S/C16H10O6S2/c17-23(18,19)15-9-5-1-2-6-10-13(9)14-11(15)7-3-4-8-12(14)16(10)24(20,21)22/h1-8H,(H,17,18,19)(H,20,21,22). The quantitative estimate of drug-likeness (QED) is 0.531. The van der Waals surface area contributed by atoms with Crippen molar-refractivity contribution in [1.29, 1.82) is 0 Å². The third kappa shape index (κ3) is 1.94. The summed E-state index contributed by atoms with van der Waals surface area (Å²) in [6.45, 7) is 0. The molecule has 4 rings (SSSR count). The fraction of sp³-hybridized carbons (Fsp3) is 0. The van der Waals surface area contributed by atoms with Crippen LogP contribution in [-0.4, -0.2) is 25.9 Å². The van der Waals surface area contributed by atoms with Crippen LogP contribution in [0.3, 0.4) is 0 Å². The van der Waals surface area contributed by atoms with E-state index in [2.05, 4.69) is 0 Å². The lowest BCUT2D eigenvalue weighted by Gasteiger charge is -1.98. The van der Waals surface area contributed by atoms with E-state index in [1.807, 2.05) is 0 Å². The lowest BCUT2D eigenvalue weighted by molar-refractivity contribution is 0.483. The summed E-state index contributed by atoms with van der Waals surface area (Å²) < 4.78 is 67.0. The molecule has 24 heavy (non-hydrogen) atoms. The van der Waals surface area contributed by atoms with Gasteiger partial charge < -0.3 is 0 Å². The van der Waals surface area contributed by atoms with E-state index >= 15 is 0 Å². The van der Waals surface area contributed by atoms with Gasteiger partial charge in [0.15, 0.2) is 0 Å². The van der Waals surface area contributed by atoms with Crippen LogP contribution in [0, 0.1) is 0 Å². The Balaban J connectivity index is 2.53. The molecule has 0 heterocycles. The third-order valence-corrected chi connectivity index (χ3v) is 6.01. The first-order valence-electron chi connectivity index (χ1n) is 6.84. The fourth-order valence-corrected chi connectivity index (χ4v) is 5.16. The largest absolute Gasteiger partial charge is 0.295 e. The molecular weight excluding hydrogens is 352 g/mol. The summed E-state index contributed by atoms with van der Waals surface area (Å²) in [7, 11) is -9.07. The molecule has 6 nitrogen and oxygen atoms in total. The summed E-state index contributed by atoms with van der Waals surface area (Å²) in [5.74, 6) is 0. The maximum atomic E-state index is 11.9. The first kappa shape index (κ1) is 15.3. The molecule has 0 saturated carbocycles. The topological polar surface area (TPSA) is 109 Å². The molecule has 0 saturated heterocycles. The Bertz CT molecular complexity index is 1170. The lowest BCUT2D eigenvalue weighted by Crippen LogP contribution is -1.98. The SMILES string of the molecule is O=S(=O)(O)c1c2ccccc3c(S(=O)(=O)O)c4ccccc1c4c23. The first-order valence-corrected chi connectivity index (χ1v) is 9.72. The van der Waals surface area contributed by atoms with Crippen LogP contribution in [0.4, 0.5) is 0 Å². The Hall–Kier alpha value is -2.26. The molecule has 0 aromatic heterocycles. The molecule has 0 radical (unpaired) electrons. The Morgan fingerprint density at radius 3 is 1.00 bits per heavy atom. The van der Waals surface area contributed by atoms with Crippen molar-refractivity contribution in [2.75, 3.05) is 0 Å². The Morgan fingerprint density at radius 1 is 0.542 bits per heavy atom. The van der Waals surface area contributed by atoms with Gasteiger partial charge >= 0.3 is 0 Å². The predicted molar refractivity (Wildman–Crippen MR) is 89.8 cm³/mol. The summed E-state index contributed by atoms with van der Waals surface area (Å²) in [6.07, 6.45) is 0. The molecule has 8 heteroatoms. The van der Waals surface area contributed by atoms with E-state index in [-0.39, 0.29) is 31.3 Å². The van der Waals surface area contributed by atoms with Gasteiger partial charge in [0.1, 0.15) is 9.79 Å². The van der Waals surface area contributed by atoms with E-state index < -0.39 is 20.2 Å². The van der Waals surface area contributed by atoms with Crippen LogP contribution in [0.2, 0.25) is 0 Å². The van der Waals surface area contributed by atoms with Gasteiger partial charge in [-0.15, -0.1) is 0 Å². The van der Waals surface area contributed by atoms with Crippen LogP contribution >= 0.6 is 0 Å². The van der Waals surface area contributed by atoms with E-state index in [0.29, 0.717) is 10.8 Å². The van der Waals surface area contributed by atoms with Crippen LogP contribution in [0.5, 0.6) is 0 Å². The van der Waals surface area contributed by atoms with Gasteiger partial charge in [-0.1, -0.05) is 48.5 Å². The van der Waals surface area contributed by atoms with Crippen molar-refractivity contribution in [1.82, 2.24) is 0 Å². The van der Waals surface area contributed by atoms with Crippen molar-refractivity contribution in [2.45, 2.75) is 9.79 Å². The molecule has 4 aromatic rings. The zero-order chi connectivity index (χ0) is 17.3. The highest BCUT2D eigenvalue weighted by Gasteiger charge is 2.29. The van der Waals surface area contributed by atoms with Gasteiger partial charge in [-0.3, -0.25) is 9.11 Å². The van der Waals surface area contributed by atoms with E-state index in [0.717, 1.165) is 0 Å². The molecule has 122 valence electrons. The molecule has 0 spiro atoms. The fourth-order valence-electron chi connectivity index (χ4n) is 3.37. The summed E-state index contributed by atoms with van der Waals surface area (Å²) in [4.78, 5) is -0.534. The number of hydrogen-bond donors (Lipinski definition) is 2. The molecule has 0 aliphatic heterocycles. The second-order valence-electron chi connectivity index (χ2n) is 5.45. The van der Waals surface area contributed by atoms with Crippen LogP contribution in [-0.2, 0) is 20.2 Å². The van der Waals surface area contributed by atoms with Gasteiger partial charge in [0.2, 0.25) is 0 Å². The summed E-state index contributed by atoms with van der Waals surface area (Å²) in [6, 6.07) is 12.2. The van der Waals surface area contributed by atoms with Crippen molar-refractivity contribution in [3.05, 3.63) is 48.5 Å². The molecule has 0 bridgehead atoms. The zero-order valence-electron chi connectivity index (χ0n) is 12.0. The van der Waals surface area contributed by atoms with Crippen LogP contribution in [0.1, 0.15) is 0 Å². The van der Waals surface area contributed by atoms with E-state index in [1.165, 1.54) is 24.3 Å². The van der Waals surface area contributed by atoms with Gasteiger partial charge in [-0.25, -0.2) is 0 Å². The lowest BCUT2D eigenvalue weighted by atomic mass is 10.2. The highest BCUT2D eigenvalue weighted by atomic mass is 32.2. The minimum absolute atomic E-state index is 0.207. The first-order chi connectivity index (χ1) is 11.2. The van der Waals surface area contributed by atoms with Gasteiger partial charge in [-0.2, -0.15) is 16.8 Å². The molecule has 0 aliphatic rings. The van der Waals surface area contributed by atoms with Gasteiger partial charge in [0.05, 0.1) is 0 Å². The van der Waals surface area contributed by atoms with Gasteiger partial charge in [0, 0.05) is 32.3 Å². The molecule has 0 atom stereocenters. The maximum Gasteiger partial charge on any atom is 0.295 e. The van der Waals surface area contributed by atoms with Crippen LogP contribution in [0.25, 0.3) is 32.3 Å². The Morgan fingerprint density at radius 2 is 0.792 bits per heavy atom. The van der Waals surface area contributed by atoms with Crippen LogP contribution in [0.15, 0.2) is 58.3 Å². The van der Waals surface area contributed by atoms with Crippen molar-refractivity contribution >= 4 is 52.6 Å². The Kier molecular flexibility index (Phi) is 2.95. The minimum Gasteiger partial charge on any atom is -0.282 e. The molecule has 0 fully saturated rings. The van der Waals surface area contributed by atoms with E-state index in [4.69, 9.17) is 0 Å². The summed E-state index contributed by atoms with van der Waals surface area (Å²) in [5, 5.41) is 1.58. The normalized spacial score (nSPS) is 13.2.